The first-order chi connectivity index (χ1) is 19.2. The van der Waals surface area contributed by atoms with E-state index in [1.54, 1.807) is 11.0 Å². The molecular formula is C27H34ClN7O4S. The van der Waals surface area contributed by atoms with Gasteiger partial charge in [0.05, 0.1) is 42.5 Å². The van der Waals surface area contributed by atoms with Crippen molar-refractivity contribution in [3.05, 3.63) is 46.6 Å². The van der Waals surface area contributed by atoms with Crippen molar-refractivity contribution >= 4 is 50.5 Å². The first-order valence-electron chi connectivity index (χ1n) is 13.7. The topological polar surface area (TPSA) is 112 Å². The zero-order chi connectivity index (χ0) is 28.0. The predicted molar refractivity (Wildman–Crippen MR) is 155 cm³/mol. The zero-order valence-electron chi connectivity index (χ0n) is 22.7. The number of hydrogen-bond donors (Lipinski definition) is 1. The molecule has 1 amide bonds. The van der Waals surface area contributed by atoms with Crippen molar-refractivity contribution < 1.29 is 17.9 Å². The van der Waals surface area contributed by atoms with Gasteiger partial charge in [0, 0.05) is 49.9 Å². The van der Waals surface area contributed by atoms with Crippen molar-refractivity contribution in [2.75, 3.05) is 66.7 Å². The minimum Gasteiger partial charge on any atom is -0.378 e. The maximum Gasteiger partial charge on any atom is 0.256 e. The molecule has 1 N–H and O–H groups in total. The highest BCUT2D eigenvalue weighted by atomic mass is 35.5. The van der Waals surface area contributed by atoms with E-state index in [9.17, 15) is 13.2 Å². The summed E-state index contributed by atoms with van der Waals surface area (Å²) in [5, 5.41) is 5.38. The quantitative estimate of drug-likeness (QED) is 0.467. The van der Waals surface area contributed by atoms with E-state index >= 15 is 0 Å². The van der Waals surface area contributed by atoms with Crippen molar-refractivity contribution in [3.8, 4) is 0 Å². The third-order valence-corrected chi connectivity index (χ3v) is 8.68. The van der Waals surface area contributed by atoms with Gasteiger partial charge in [0.2, 0.25) is 10.0 Å². The maximum atomic E-state index is 14.1. The number of hydrogen-bond acceptors (Lipinski definition) is 8. The number of nitrogens with one attached hydrogen (secondary N) is 1. The Morgan fingerprint density at radius 1 is 1.07 bits per heavy atom. The third-order valence-electron chi connectivity index (χ3n) is 7.86. The Hall–Kier alpha value is -3.09. The Balaban J connectivity index is 1.40. The van der Waals surface area contributed by atoms with Crippen LogP contribution >= 0.6 is 11.6 Å². The van der Waals surface area contributed by atoms with Crippen LogP contribution < -0.4 is 14.5 Å². The molecule has 11 nitrogen and oxygen atoms in total. The number of halogens is 1. The van der Waals surface area contributed by atoms with Gasteiger partial charge in [-0.1, -0.05) is 18.5 Å². The molecule has 1 aromatic carbocycles. The highest BCUT2D eigenvalue weighted by Gasteiger charge is 2.35. The SMILES string of the molecule is CC1CCC(c2cc3nc(N4CCC4)cc(N4CCOCC4)n3n2)N(C(=O)c2cc(Cl)ccc2NS(C)(=O)=O)C1. The molecule has 0 aliphatic carbocycles. The van der Waals surface area contributed by atoms with Gasteiger partial charge in [0.15, 0.2) is 5.65 Å². The van der Waals surface area contributed by atoms with Crippen LogP contribution in [0.3, 0.4) is 0 Å². The van der Waals surface area contributed by atoms with E-state index in [-0.39, 0.29) is 29.1 Å². The lowest BCUT2D eigenvalue weighted by molar-refractivity contribution is 0.0538. The van der Waals surface area contributed by atoms with E-state index in [4.69, 9.17) is 26.4 Å². The van der Waals surface area contributed by atoms with Crippen LogP contribution in [0.25, 0.3) is 5.65 Å². The van der Waals surface area contributed by atoms with E-state index in [1.807, 2.05) is 10.6 Å². The third kappa shape index (κ3) is 5.44. The van der Waals surface area contributed by atoms with Crippen LogP contribution in [-0.4, -0.2) is 86.0 Å². The molecule has 0 saturated carbocycles. The molecule has 3 saturated heterocycles. The fourth-order valence-corrected chi connectivity index (χ4v) is 6.42. The molecule has 5 heterocycles. The van der Waals surface area contributed by atoms with Gasteiger partial charge in [0.25, 0.3) is 5.91 Å². The Bertz CT molecular complexity index is 1540. The molecule has 2 atom stereocenters. The molecule has 13 heteroatoms. The molecule has 6 rings (SSSR count). The molecular weight excluding hydrogens is 554 g/mol. The largest absolute Gasteiger partial charge is 0.378 e. The summed E-state index contributed by atoms with van der Waals surface area (Å²) in [5.41, 5.74) is 1.93. The maximum absolute atomic E-state index is 14.1. The number of aromatic nitrogens is 3. The van der Waals surface area contributed by atoms with E-state index < -0.39 is 10.0 Å². The standard InChI is InChI=1S/C27H34ClN7O4S/c1-18-4-7-23(34(17-18)27(36)20-14-19(28)5-6-21(20)31-40(2,37)38)22-15-25-29-24(32-8-3-9-32)16-26(35(25)30-22)33-10-12-39-13-11-33/h5-6,14-16,18,23,31H,3-4,7-13,17H2,1-2H3. The van der Waals surface area contributed by atoms with Crippen molar-refractivity contribution in [3.63, 3.8) is 0 Å². The van der Waals surface area contributed by atoms with Crippen LogP contribution in [0.2, 0.25) is 5.02 Å². The van der Waals surface area contributed by atoms with Crippen LogP contribution in [0.5, 0.6) is 0 Å². The average molecular weight is 588 g/mol. The average Bonchev–Trinajstić information content (AvgIpc) is 3.31. The van der Waals surface area contributed by atoms with Gasteiger partial charge in [0.1, 0.15) is 11.6 Å². The molecule has 3 aromatic rings. The number of anilines is 3. The molecule has 2 unspecified atom stereocenters. The van der Waals surface area contributed by atoms with Gasteiger partial charge >= 0.3 is 0 Å². The summed E-state index contributed by atoms with van der Waals surface area (Å²) in [5.74, 6) is 1.90. The number of benzene rings is 1. The summed E-state index contributed by atoms with van der Waals surface area (Å²) in [4.78, 5) is 25.4. The van der Waals surface area contributed by atoms with Crippen LogP contribution in [0.15, 0.2) is 30.3 Å². The number of nitrogens with zero attached hydrogens (tertiary/aromatic N) is 6. The highest BCUT2D eigenvalue weighted by Crippen LogP contribution is 2.37. The summed E-state index contributed by atoms with van der Waals surface area (Å²) in [6.07, 6.45) is 3.89. The molecule has 3 aliphatic heterocycles. The highest BCUT2D eigenvalue weighted by molar-refractivity contribution is 7.92. The fourth-order valence-electron chi connectivity index (χ4n) is 5.67. The Morgan fingerprint density at radius 2 is 1.85 bits per heavy atom. The summed E-state index contributed by atoms with van der Waals surface area (Å²) in [7, 11) is -3.60. The Morgan fingerprint density at radius 3 is 2.55 bits per heavy atom. The lowest BCUT2D eigenvalue weighted by Crippen LogP contribution is -2.42. The van der Waals surface area contributed by atoms with E-state index in [2.05, 4.69) is 27.5 Å². The number of carbonyl (C=O) groups excluding carboxylic acids is 1. The van der Waals surface area contributed by atoms with E-state index in [1.165, 1.54) is 12.1 Å². The van der Waals surface area contributed by atoms with Gasteiger partial charge in [-0.25, -0.2) is 13.4 Å². The molecule has 0 bridgehead atoms. The van der Waals surface area contributed by atoms with E-state index in [0.717, 1.165) is 74.7 Å². The fraction of sp³-hybridized carbons (Fsp3) is 0.519. The van der Waals surface area contributed by atoms with Crippen LogP contribution in [-0.2, 0) is 14.8 Å². The van der Waals surface area contributed by atoms with Gasteiger partial charge < -0.3 is 19.4 Å². The molecule has 0 radical (unpaired) electrons. The number of morpholine rings is 1. The monoisotopic (exact) mass is 587 g/mol. The second-order valence-corrected chi connectivity index (χ2v) is 13.2. The normalized spacial score (nSPS) is 21.9. The number of ether oxygens (including phenoxy) is 1. The van der Waals surface area contributed by atoms with Gasteiger partial charge in [-0.2, -0.15) is 9.61 Å². The molecule has 214 valence electrons. The van der Waals surface area contributed by atoms with Gasteiger partial charge in [-0.3, -0.25) is 9.52 Å². The second-order valence-electron chi connectivity index (χ2n) is 11.0. The van der Waals surface area contributed by atoms with Crippen LogP contribution in [0, 0.1) is 5.92 Å². The number of piperidine rings is 1. The molecule has 0 spiro atoms. The first kappa shape index (κ1) is 27.1. The Labute approximate surface area is 239 Å². The number of likely N-dealkylation sites (tertiary alicyclic amines) is 1. The number of amides is 1. The lowest BCUT2D eigenvalue weighted by atomic mass is 9.91. The van der Waals surface area contributed by atoms with Gasteiger partial charge in [-0.05, 0) is 43.4 Å². The molecule has 40 heavy (non-hydrogen) atoms. The molecule has 3 aliphatic rings. The molecule has 2 aromatic heterocycles. The minimum atomic E-state index is -3.60. The number of rotatable bonds is 6. The predicted octanol–water partition coefficient (Wildman–Crippen LogP) is 3.41. The Kier molecular flexibility index (Phi) is 7.26. The van der Waals surface area contributed by atoms with E-state index in [0.29, 0.717) is 24.8 Å². The van der Waals surface area contributed by atoms with Crippen LogP contribution in [0.4, 0.5) is 17.3 Å². The first-order valence-corrected chi connectivity index (χ1v) is 16.0. The molecule has 3 fully saturated rings. The van der Waals surface area contributed by atoms with Crippen LogP contribution in [0.1, 0.15) is 48.3 Å². The second kappa shape index (κ2) is 10.7. The zero-order valence-corrected chi connectivity index (χ0v) is 24.3. The van der Waals surface area contributed by atoms with Crippen molar-refractivity contribution in [1.82, 2.24) is 19.5 Å². The minimum absolute atomic E-state index is 0.208. The number of fused-ring (bicyclic) bond motifs is 1. The number of carbonyl (C=O) groups is 1. The van der Waals surface area contributed by atoms with Gasteiger partial charge in [-0.15, -0.1) is 0 Å². The summed E-state index contributed by atoms with van der Waals surface area (Å²) in [6.45, 7) is 7.45. The smallest absolute Gasteiger partial charge is 0.256 e. The lowest BCUT2D eigenvalue weighted by Gasteiger charge is -2.38. The van der Waals surface area contributed by atoms with Crippen molar-refractivity contribution in [2.45, 2.75) is 32.2 Å². The number of sulfonamides is 1. The summed E-state index contributed by atoms with van der Waals surface area (Å²) >= 11 is 6.27. The van der Waals surface area contributed by atoms with Crippen molar-refractivity contribution in [1.29, 1.82) is 0 Å². The van der Waals surface area contributed by atoms with Crippen molar-refractivity contribution in [2.24, 2.45) is 5.92 Å². The summed E-state index contributed by atoms with van der Waals surface area (Å²) in [6, 6.07) is 8.42. The summed E-state index contributed by atoms with van der Waals surface area (Å²) < 4.78 is 34.0.